The van der Waals surface area contributed by atoms with Gasteiger partial charge in [0.25, 0.3) is 0 Å². The maximum Gasteiger partial charge on any atom is 0.416 e. The van der Waals surface area contributed by atoms with Gasteiger partial charge < -0.3 is 9.84 Å². The van der Waals surface area contributed by atoms with Gasteiger partial charge in [0.15, 0.2) is 6.61 Å². The molecule has 0 unspecified atom stereocenters. The highest BCUT2D eigenvalue weighted by Crippen LogP contribution is 2.38. The number of carboxylic acid groups (broad SMARTS) is 1. The number of alkyl halides is 3. The van der Waals surface area contributed by atoms with Gasteiger partial charge >= 0.3 is 12.1 Å². The first-order chi connectivity index (χ1) is 13.3. The molecule has 3 rings (SSSR count). The van der Waals surface area contributed by atoms with E-state index in [1.54, 1.807) is 30.3 Å². The Morgan fingerprint density at radius 1 is 0.893 bits per heavy atom. The van der Waals surface area contributed by atoms with Crippen molar-refractivity contribution in [2.45, 2.75) is 6.18 Å². The van der Waals surface area contributed by atoms with Crippen LogP contribution in [-0.4, -0.2) is 17.7 Å². The molecule has 0 aliphatic rings. The van der Waals surface area contributed by atoms with E-state index in [9.17, 15) is 22.4 Å². The molecular formula is C21H14F4O3. The van der Waals surface area contributed by atoms with E-state index in [1.165, 1.54) is 12.1 Å². The van der Waals surface area contributed by atoms with Crippen LogP contribution in [0.3, 0.4) is 0 Å². The van der Waals surface area contributed by atoms with Crippen molar-refractivity contribution in [3.8, 4) is 28.0 Å². The first-order valence-corrected chi connectivity index (χ1v) is 8.17. The average molecular weight is 390 g/mol. The molecular weight excluding hydrogens is 376 g/mol. The van der Waals surface area contributed by atoms with Crippen LogP contribution >= 0.6 is 0 Å². The number of ether oxygens (including phenoxy) is 1. The number of carbonyl (C=O) groups is 1. The average Bonchev–Trinajstić information content (AvgIpc) is 2.66. The van der Waals surface area contributed by atoms with E-state index in [0.29, 0.717) is 11.1 Å². The standard InChI is InChI=1S/C21H14F4O3/c22-18-10-14(6-8-16(18)13-4-2-1-3-5-13)17-11-15(21(23,24)25)7-9-19(17)28-12-20(26)27/h1-11H,12H2,(H,26,27). The number of rotatable bonds is 5. The van der Waals surface area contributed by atoms with Crippen LogP contribution in [0, 0.1) is 5.82 Å². The van der Waals surface area contributed by atoms with Gasteiger partial charge in [-0.05, 0) is 35.4 Å². The molecule has 0 atom stereocenters. The topological polar surface area (TPSA) is 46.5 Å². The van der Waals surface area contributed by atoms with E-state index in [0.717, 1.165) is 24.3 Å². The van der Waals surface area contributed by atoms with Crippen LogP contribution in [0.15, 0.2) is 66.7 Å². The molecule has 3 nitrogen and oxygen atoms in total. The smallest absolute Gasteiger partial charge is 0.416 e. The summed E-state index contributed by atoms with van der Waals surface area (Å²) in [5, 5.41) is 8.76. The van der Waals surface area contributed by atoms with E-state index in [-0.39, 0.29) is 16.9 Å². The van der Waals surface area contributed by atoms with Crippen molar-refractivity contribution in [3.05, 3.63) is 78.1 Å². The zero-order valence-electron chi connectivity index (χ0n) is 14.3. The summed E-state index contributed by atoms with van der Waals surface area (Å²) in [5.41, 5.74) is 0.0678. The van der Waals surface area contributed by atoms with Gasteiger partial charge in [-0.2, -0.15) is 13.2 Å². The highest BCUT2D eigenvalue weighted by atomic mass is 19.4. The molecule has 28 heavy (non-hydrogen) atoms. The van der Waals surface area contributed by atoms with Crippen LogP contribution in [0.25, 0.3) is 22.3 Å². The molecule has 0 aliphatic carbocycles. The fourth-order valence-corrected chi connectivity index (χ4v) is 2.73. The van der Waals surface area contributed by atoms with Gasteiger partial charge in [0.2, 0.25) is 0 Å². The number of hydrogen-bond acceptors (Lipinski definition) is 2. The van der Waals surface area contributed by atoms with Crippen molar-refractivity contribution in [2.24, 2.45) is 0 Å². The lowest BCUT2D eigenvalue weighted by atomic mass is 9.97. The Labute approximate surface area is 157 Å². The molecule has 0 fully saturated rings. The van der Waals surface area contributed by atoms with Gasteiger partial charge in [-0.15, -0.1) is 0 Å². The van der Waals surface area contributed by atoms with Crippen molar-refractivity contribution < 1.29 is 32.2 Å². The summed E-state index contributed by atoms with van der Waals surface area (Å²) in [7, 11) is 0. The summed E-state index contributed by atoms with van der Waals surface area (Å²) in [6, 6.07) is 15.4. The highest BCUT2D eigenvalue weighted by Gasteiger charge is 2.31. The van der Waals surface area contributed by atoms with Crippen LogP contribution in [0.2, 0.25) is 0 Å². The summed E-state index contributed by atoms with van der Waals surface area (Å²) in [5.74, 6) is -1.98. The minimum Gasteiger partial charge on any atom is -0.481 e. The molecule has 0 saturated carbocycles. The highest BCUT2D eigenvalue weighted by molar-refractivity contribution is 5.76. The summed E-state index contributed by atoms with van der Waals surface area (Å²) in [4.78, 5) is 10.7. The summed E-state index contributed by atoms with van der Waals surface area (Å²) >= 11 is 0. The quantitative estimate of drug-likeness (QED) is 0.574. The second kappa shape index (κ2) is 7.72. The minimum atomic E-state index is -4.61. The minimum absolute atomic E-state index is 0.0467. The van der Waals surface area contributed by atoms with E-state index in [4.69, 9.17) is 9.84 Å². The van der Waals surface area contributed by atoms with E-state index >= 15 is 0 Å². The molecule has 0 saturated heterocycles. The van der Waals surface area contributed by atoms with Gasteiger partial charge in [-0.25, -0.2) is 9.18 Å². The lowest BCUT2D eigenvalue weighted by Gasteiger charge is -2.15. The van der Waals surface area contributed by atoms with Crippen LogP contribution in [0.1, 0.15) is 5.56 Å². The molecule has 0 heterocycles. The molecule has 1 N–H and O–H groups in total. The van der Waals surface area contributed by atoms with E-state index in [1.807, 2.05) is 0 Å². The molecule has 0 spiro atoms. The molecule has 7 heteroatoms. The molecule has 0 bridgehead atoms. The van der Waals surface area contributed by atoms with Gasteiger partial charge in [-0.1, -0.05) is 42.5 Å². The lowest BCUT2D eigenvalue weighted by Crippen LogP contribution is -2.11. The third-order valence-corrected chi connectivity index (χ3v) is 4.02. The summed E-state index contributed by atoms with van der Waals surface area (Å²) < 4.78 is 59.0. The molecule has 0 radical (unpaired) electrons. The number of aliphatic carboxylic acids is 1. The van der Waals surface area contributed by atoms with E-state index < -0.39 is 30.1 Å². The molecule has 144 valence electrons. The van der Waals surface area contributed by atoms with E-state index in [2.05, 4.69) is 0 Å². The Bertz CT molecular complexity index is 998. The molecule has 3 aromatic rings. The maximum absolute atomic E-state index is 14.6. The Balaban J connectivity index is 2.07. The predicted octanol–water partition coefficient (Wildman–Crippen LogP) is 5.64. The monoisotopic (exact) mass is 390 g/mol. The Morgan fingerprint density at radius 2 is 1.61 bits per heavy atom. The zero-order valence-corrected chi connectivity index (χ0v) is 14.3. The molecule has 0 amide bonds. The van der Waals surface area contributed by atoms with Gasteiger partial charge in [0.05, 0.1) is 5.56 Å². The predicted molar refractivity (Wildman–Crippen MR) is 95.4 cm³/mol. The largest absolute Gasteiger partial charge is 0.481 e. The third-order valence-electron chi connectivity index (χ3n) is 4.02. The third kappa shape index (κ3) is 4.31. The van der Waals surface area contributed by atoms with Gasteiger partial charge in [0, 0.05) is 11.1 Å². The van der Waals surface area contributed by atoms with Crippen molar-refractivity contribution in [3.63, 3.8) is 0 Å². The maximum atomic E-state index is 14.6. The number of benzene rings is 3. The first kappa shape index (κ1) is 19.4. The van der Waals surface area contributed by atoms with Crippen molar-refractivity contribution in [1.82, 2.24) is 0 Å². The zero-order chi connectivity index (χ0) is 20.3. The Kier molecular flexibility index (Phi) is 5.35. The van der Waals surface area contributed by atoms with Gasteiger partial charge in [0.1, 0.15) is 11.6 Å². The summed E-state index contributed by atoms with van der Waals surface area (Å²) in [6.45, 7) is -0.733. The number of carboxylic acids is 1. The Morgan fingerprint density at radius 3 is 2.21 bits per heavy atom. The number of hydrogen-bond donors (Lipinski definition) is 1. The lowest BCUT2D eigenvalue weighted by molar-refractivity contribution is -0.140. The van der Waals surface area contributed by atoms with Crippen LogP contribution in [0.4, 0.5) is 17.6 Å². The molecule has 3 aromatic carbocycles. The first-order valence-electron chi connectivity index (χ1n) is 8.17. The van der Waals surface area contributed by atoms with Gasteiger partial charge in [-0.3, -0.25) is 0 Å². The van der Waals surface area contributed by atoms with Crippen molar-refractivity contribution in [1.29, 1.82) is 0 Å². The fraction of sp³-hybridized carbons (Fsp3) is 0.0952. The van der Waals surface area contributed by atoms with Crippen LogP contribution in [0.5, 0.6) is 5.75 Å². The SMILES string of the molecule is O=C(O)COc1ccc(C(F)(F)F)cc1-c1ccc(-c2ccccc2)c(F)c1. The van der Waals surface area contributed by atoms with Crippen molar-refractivity contribution in [2.75, 3.05) is 6.61 Å². The Hall–Kier alpha value is -3.35. The van der Waals surface area contributed by atoms with Crippen LogP contribution < -0.4 is 4.74 Å². The molecule has 0 aliphatic heterocycles. The number of halogens is 4. The van der Waals surface area contributed by atoms with Crippen molar-refractivity contribution >= 4 is 5.97 Å². The summed E-state index contributed by atoms with van der Waals surface area (Å²) in [6.07, 6.45) is -4.61. The fourth-order valence-electron chi connectivity index (χ4n) is 2.73. The normalized spacial score (nSPS) is 11.3. The second-order valence-corrected chi connectivity index (χ2v) is 5.95. The second-order valence-electron chi connectivity index (χ2n) is 5.95. The van der Waals surface area contributed by atoms with Crippen LogP contribution in [-0.2, 0) is 11.0 Å². The molecule has 0 aromatic heterocycles.